The summed E-state index contributed by atoms with van der Waals surface area (Å²) in [5.41, 5.74) is 0.137. The predicted octanol–water partition coefficient (Wildman–Crippen LogP) is 3.55. The van der Waals surface area contributed by atoms with Crippen molar-refractivity contribution in [3.63, 3.8) is 0 Å². The molecule has 1 aromatic rings. The minimum Gasteiger partial charge on any atom is -0.545 e. The Morgan fingerprint density at radius 3 is 1.72 bits per heavy atom. The molecular weight excluding hydrogens is 371 g/mol. The number of para-hydroxylation sites is 1. The molecule has 0 spiro atoms. The zero-order valence-corrected chi connectivity index (χ0v) is 21.2. The van der Waals surface area contributed by atoms with Crippen molar-refractivity contribution in [2.75, 3.05) is 6.61 Å². The van der Waals surface area contributed by atoms with E-state index in [1.165, 1.54) is 83.1 Å². The van der Waals surface area contributed by atoms with Crippen LogP contribution in [-0.4, -0.2) is 12.6 Å². The van der Waals surface area contributed by atoms with Crippen molar-refractivity contribution in [2.45, 2.75) is 104 Å². The molecule has 4 heteroatoms. The van der Waals surface area contributed by atoms with E-state index in [4.69, 9.17) is 4.74 Å². The van der Waals surface area contributed by atoms with E-state index >= 15 is 0 Å². The van der Waals surface area contributed by atoms with Gasteiger partial charge in [0.1, 0.15) is 5.75 Å². The molecule has 160 valence electrons. The molecule has 0 saturated heterocycles. The van der Waals surface area contributed by atoms with E-state index in [0.717, 1.165) is 18.8 Å². The van der Waals surface area contributed by atoms with Gasteiger partial charge in [-0.25, -0.2) is 0 Å². The summed E-state index contributed by atoms with van der Waals surface area (Å²) >= 11 is 0. The Labute approximate surface area is 201 Å². The van der Waals surface area contributed by atoms with Gasteiger partial charge in [0.15, 0.2) is 0 Å². The molecule has 0 amide bonds. The third-order valence-electron chi connectivity index (χ3n) is 5.29. The quantitative estimate of drug-likeness (QED) is 0.274. The van der Waals surface area contributed by atoms with Crippen molar-refractivity contribution in [3.8, 4) is 5.75 Å². The summed E-state index contributed by atoms with van der Waals surface area (Å²) in [7, 11) is 0. The van der Waals surface area contributed by atoms with Crippen LogP contribution in [0.1, 0.15) is 114 Å². The molecule has 1 aromatic carbocycles. The Morgan fingerprint density at radius 2 is 1.24 bits per heavy atom. The molecule has 0 atom stereocenters. The van der Waals surface area contributed by atoms with Crippen LogP contribution in [0.15, 0.2) is 24.3 Å². The van der Waals surface area contributed by atoms with Gasteiger partial charge in [0.2, 0.25) is 0 Å². The van der Waals surface area contributed by atoms with Gasteiger partial charge in [0.25, 0.3) is 0 Å². The third kappa shape index (κ3) is 15.9. The summed E-state index contributed by atoms with van der Waals surface area (Å²) in [6.45, 7) is 5.20. The number of carbonyl (C=O) groups is 1. The van der Waals surface area contributed by atoms with Crippen LogP contribution in [-0.2, 0) is 0 Å². The largest absolute Gasteiger partial charge is 1.00 e. The molecule has 0 aliphatic rings. The number of rotatable bonds is 18. The average molecular weight is 413 g/mol. The molecule has 0 aromatic heterocycles. The van der Waals surface area contributed by atoms with Gasteiger partial charge in [0.05, 0.1) is 12.6 Å². The molecule has 1 rings (SSSR count). The number of aromatic carboxylic acids is 1. The molecule has 0 heterocycles. The van der Waals surface area contributed by atoms with Crippen molar-refractivity contribution in [3.05, 3.63) is 29.8 Å². The first-order chi connectivity index (χ1) is 13.6. The van der Waals surface area contributed by atoms with Crippen LogP contribution >= 0.6 is 0 Å². The zero-order valence-electron chi connectivity index (χ0n) is 19.2. The van der Waals surface area contributed by atoms with Gasteiger partial charge in [-0.2, -0.15) is 0 Å². The fourth-order valence-electron chi connectivity index (χ4n) is 3.54. The van der Waals surface area contributed by atoms with Crippen molar-refractivity contribution in [1.29, 1.82) is 0 Å². The Balaban J connectivity index is 0.00000784. The van der Waals surface area contributed by atoms with Gasteiger partial charge in [0, 0.05) is 5.56 Å². The van der Waals surface area contributed by atoms with Crippen LogP contribution in [0.3, 0.4) is 0 Å². The second-order valence-corrected chi connectivity index (χ2v) is 8.41. The molecule has 0 fully saturated rings. The first kappa shape index (κ1) is 28.5. The number of carboxylic acids is 1. The maximum absolute atomic E-state index is 11.0. The van der Waals surface area contributed by atoms with E-state index in [1.807, 2.05) is 0 Å². The zero-order chi connectivity index (χ0) is 20.5. The first-order valence-electron chi connectivity index (χ1n) is 11.5. The Kier molecular flexibility index (Phi) is 19.1. The third-order valence-corrected chi connectivity index (χ3v) is 5.29. The molecule has 0 aliphatic carbocycles. The topological polar surface area (TPSA) is 49.4 Å². The van der Waals surface area contributed by atoms with Gasteiger partial charge in [-0.3, -0.25) is 0 Å². The van der Waals surface area contributed by atoms with Crippen molar-refractivity contribution in [1.82, 2.24) is 0 Å². The fraction of sp³-hybridized carbons (Fsp3) is 0.720. The van der Waals surface area contributed by atoms with Gasteiger partial charge in [-0.15, -0.1) is 0 Å². The molecule has 0 bridgehead atoms. The van der Waals surface area contributed by atoms with Gasteiger partial charge in [-0.1, -0.05) is 109 Å². The SMILES string of the molecule is CC(C)CCCCCCCCCCCCCCCOc1ccccc1C(=O)[O-].[Na+]. The number of unbranched alkanes of at least 4 members (excludes halogenated alkanes) is 12. The monoisotopic (exact) mass is 412 g/mol. The van der Waals surface area contributed by atoms with E-state index in [0.29, 0.717) is 12.4 Å². The Bertz CT molecular complexity index is 517. The summed E-state index contributed by atoms with van der Waals surface area (Å²) in [5, 5.41) is 11.0. The number of hydrogen-bond donors (Lipinski definition) is 0. The van der Waals surface area contributed by atoms with E-state index in [9.17, 15) is 9.90 Å². The number of ether oxygens (including phenoxy) is 1. The minimum atomic E-state index is -1.18. The summed E-state index contributed by atoms with van der Waals surface area (Å²) in [6.07, 6.45) is 18.6. The fourth-order valence-corrected chi connectivity index (χ4v) is 3.54. The number of benzene rings is 1. The van der Waals surface area contributed by atoms with Crippen LogP contribution in [0.2, 0.25) is 0 Å². The van der Waals surface area contributed by atoms with Crippen molar-refractivity contribution in [2.24, 2.45) is 5.92 Å². The van der Waals surface area contributed by atoms with E-state index < -0.39 is 5.97 Å². The van der Waals surface area contributed by atoms with Crippen LogP contribution in [0.25, 0.3) is 0 Å². The molecule has 0 aliphatic heterocycles. The van der Waals surface area contributed by atoms with Gasteiger partial charge in [-0.05, 0) is 24.5 Å². The standard InChI is InChI=1S/C25H42O3.Na/c1-22(2)18-14-12-10-8-6-4-3-5-7-9-11-13-17-21-28-24-20-16-15-19-23(24)25(26)27;/h15-16,19-20,22H,3-14,17-18,21H2,1-2H3,(H,26,27);/q;+1/p-1. The van der Waals surface area contributed by atoms with Crippen molar-refractivity contribution < 1.29 is 44.2 Å². The number of hydrogen-bond acceptors (Lipinski definition) is 3. The van der Waals surface area contributed by atoms with Gasteiger partial charge < -0.3 is 14.6 Å². The molecule has 0 N–H and O–H groups in total. The second kappa shape index (κ2) is 19.5. The average Bonchev–Trinajstić information content (AvgIpc) is 2.67. The molecule has 0 unspecified atom stereocenters. The number of carbonyl (C=O) groups excluding carboxylic acids is 1. The van der Waals surface area contributed by atoms with Crippen LogP contribution in [0.4, 0.5) is 0 Å². The van der Waals surface area contributed by atoms with Crippen LogP contribution in [0.5, 0.6) is 5.75 Å². The maximum Gasteiger partial charge on any atom is 1.00 e. The molecule has 3 nitrogen and oxygen atoms in total. The Morgan fingerprint density at radius 1 is 0.793 bits per heavy atom. The smallest absolute Gasteiger partial charge is 0.545 e. The molecule has 0 saturated carbocycles. The minimum absolute atomic E-state index is 0. The van der Waals surface area contributed by atoms with E-state index in [-0.39, 0.29) is 35.1 Å². The summed E-state index contributed by atoms with van der Waals surface area (Å²) in [6, 6.07) is 6.69. The maximum atomic E-state index is 11.0. The van der Waals surface area contributed by atoms with E-state index in [2.05, 4.69) is 13.8 Å². The van der Waals surface area contributed by atoms with Crippen LogP contribution < -0.4 is 39.4 Å². The predicted molar refractivity (Wildman–Crippen MR) is 116 cm³/mol. The normalized spacial score (nSPS) is 10.7. The Hall–Kier alpha value is -0.510. The summed E-state index contributed by atoms with van der Waals surface area (Å²) in [5.74, 6) is 0.0999. The first-order valence-corrected chi connectivity index (χ1v) is 11.5. The number of carboxylic acid groups (broad SMARTS) is 1. The van der Waals surface area contributed by atoms with Crippen LogP contribution in [0, 0.1) is 5.92 Å². The van der Waals surface area contributed by atoms with E-state index in [1.54, 1.807) is 18.2 Å². The second-order valence-electron chi connectivity index (χ2n) is 8.41. The van der Waals surface area contributed by atoms with Gasteiger partial charge >= 0.3 is 29.6 Å². The molecular formula is C25H41NaO3. The molecule has 0 radical (unpaired) electrons. The van der Waals surface area contributed by atoms with Crippen molar-refractivity contribution >= 4 is 5.97 Å². The summed E-state index contributed by atoms with van der Waals surface area (Å²) in [4.78, 5) is 11.0. The summed E-state index contributed by atoms with van der Waals surface area (Å²) < 4.78 is 5.60. The molecule has 29 heavy (non-hydrogen) atoms.